The van der Waals surface area contributed by atoms with Crippen LogP contribution in [0.5, 0.6) is 0 Å². The zero-order valence-corrected chi connectivity index (χ0v) is 24.2. The maximum absolute atomic E-state index is 13.1. The lowest BCUT2D eigenvalue weighted by atomic mass is 10.1. The van der Waals surface area contributed by atoms with Crippen molar-refractivity contribution in [3.63, 3.8) is 0 Å². The van der Waals surface area contributed by atoms with Crippen molar-refractivity contribution in [1.82, 2.24) is 15.2 Å². The van der Waals surface area contributed by atoms with Crippen LogP contribution in [-0.4, -0.2) is 21.8 Å². The van der Waals surface area contributed by atoms with Crippen LogP contribution in [0, 0.1) is 0 Å². The number of carbonyl (C=O) groups is 1. The smallest absolute Gasteiger partial charge is 0.251 e. The molecule has 0 saturated heterocycles. The molecule has 5 rings (SSSR count). The summed E-state index contributed by atoms with van der Waals surface area (Å²) in [5.74, 6) is -0.130. The number of benzene rings is 3. The minimum Gasteiger partial charge on any atom is -0.399 e. The number of nitrogens with two attached hydrogens (primary N) is 1. The molecule has 1 aliphatic heterocycles. The molecule has 39 heavy (non-hydrogen) atoms. The van der Waals surface area contributed by atoms with Gasteiger partial charge in [0.05, 0.1) is 17.9 Å². The number of amides is 1. The standard InChI is InChI=1S/C31H30BrN5OS/c1-20(2)37-16-14-26-27(13-15-34-29(26)19-37)36-28-17-22(31(38)35-18-21-3-6-23(32)7-4-21)5-12-30(28)39-25-10-8-24(33)9-11-25/h3-17,20H,18-19,33H2,1-2H3,(H,34,36)(H,35,38). The Morgan fingerprint density at radius 3 is 2.56 bits per heavy atom. The fourth-order valence-corrected chi connectivity index (χ4v) is 5.39. The largest absolute Gasteiger partial charge is 0.399 e. The third kappa shape index (κ3) is 6.64. The van der Waals surface area contributed by atoms with Crippen LogP contribution in [-0.2, 0) is 13.1 Å². The van der Waals surface area contributed by atoms with E-state index in [0.717, 1.165) is 54.7 Å². The Hall–Kier alpha value is -3.75. The molecule has 8 heteroatoms. The van der Waals surface area contributed by atoms with E-state index in [-0.39, 0.29) is 5.91 Å². The average molecular weight is 601 g/mol. The van der Waals surface area contributed by atoms with Gasteiger partial charge in [-0.1, -0.05) is 39.8 Å². The number of fused-ring (bicyclic) bond motifs is 1. The van der Waals surface area contributed by atoms with Gasteiger partial charge in [0.1, 0.15) is 0 Å². The molecule has 198 valence electrons. The first-order chi connectivity index (χ1) is 18.9. The van der Waals surface area contributed by atoms with Gasteiger partial charge in [-0.05, 0) is 86.2 Å². The molecule has 4 N–H and O–H groups in total. The first-order valence-electron chi connectivity index (χ1n) is 12.7. The summed E-state index contributed by atoms with van der Waals surface area (Å²) in [6, 6.07) is 23.8. The third-order valence-electron chi connectivity index (χ3n) is 6.49. The lowest BCUT2D eigenvalue weighted by Gasteiger charge is -2.29. The second kappa shape index (κ2) is 12.0. The highest BCUT2D eigenvalue weighted by molar-refractivity contribution is 9.10. The van der Waals surface area contributed by atoms with Crippen molar-refractivity contribution >= 4 is 56.7 Å². The van der Waals surface area contributed by atoms with Gasteiger partial charge in [-0.2, -0.15) is 0 Å². The van der Waals surface area contributed by atoms with Crippen molar-refractivity contribution in [2.24, 2.45) is 0 Å². The molecule has 0 bridgehead atoms. The monoisotopic (exact) mass is 599 g/mol. The number of carbonyl (C=O) groups excluding carboxylic acids is 1. The minimum atomic E-state index is -0.130. The van der Waals surface area contributed by atoms with Crippen LogP contribution in [0.1, 0.15) is 41.0 Å². The van der Waals surface area contributed by atoms with Crippen molar-refractivity contribution in [1.29, 1.82) is 0 Å². The molecule has 0 atom stereocenters. The molecule has 1 aromatic heterocycles. The number of hydrogen-bond donors (Lipinski definition) is 3. The van der Waals surface area contributed by atoms with Crippen LogP contribution in [0.4, 0.5) is 17.1 Å². The summed E-state index contributed by atoms with van der Waals surface area (Å²) in [5, 5.41) is 6.65. The fraction of sp³-hybridized carbons (Fsp3) is 0.161. The molecular weight excluding hydrogens is 570 g/mol. The normalized spacial score (nSPS) is 12.4. The van der Waals surface area contributed by atoms with Crippen LogP contribution in [0.3, 0.4) is 0 Å². The topological polar surface area (TPSA) is 83.3 Å². The molecule has 0 unspecified atom stereocenters. The first-order valence-corrected chi connectivity index (χ1v) is 14.4. The molecule has 0 saturated carbocycles. The highest BCUT2D eigenvalue weighted by Gasteiger charge is 2.18. The van der Waals surface area contributed by atoms with Gasteiger partial charge in [0, 0.05) is 61.7 Å². The summed E-state index contributed by atoms with van der Waals surface area (Å²) < 4.78 is 1.01. The Labute approximate surface area is 241 Å². The van der Waals surface area contributed by atoms with E-state index in [2.05, 4.69) is 62.6 Å². The number of pyridine rings is 1. The molecule has 0 spiro atoms. The van der Waals surface area contributed by atoms with Gasteiger partial charge >= 0.3 is 0 Å². The van der Waals surface area contributed by atoms with Gasteiger partial charge in [0.25, 0.3) is 5.91 Å². The lowest BCUT2D eigenvalue weighted by Crippen LogP contribution is -2.27. The van der Waals surface area contributed by atoms with E-state index < -0.39 is 0 Å². The minimum absolute atomic E-state index is 0.130. The van der Waals surface area contributed by atoms with Crippen molar-refractivity contribution in [2.45, 2.75) is 42.8 Å². The number of hydrogen-bond acceptors (Lipinski definition) is 6. The summed E-state index contributed by atoms with van der Waals surface area (Å²) in [6.07, 6.45) is 6.06. The Kier molecular flexibility index (Phi) is 8.24. The molecule has 0 fully saturated rings. The maximum Gasteiger partial charge on any atom is 0.251 e. The molecule has 2 heterocycles. The second-order valence-electron chi connectivity index (χ2n) is 9.62. The number of aromatic nitrogens is 1. The number of halogens is 1. The summed E-state index contributed by atoms with van der Waals surface area (Å²) in [7, 11) is 0. The van der Waals surface area contributed by atoms with Crippen molar-refractivity contribution in [2.75, 3.05) is 11.1 Å². The van der Waals surface area contributed by atoms with Crippen molar-refractivity contribution < 1.29 is 4.79 Å². The SMILES string of the molecule is CC(C)N1C=Cc2c(Nc3cc(C(=O)NCc4ccc(Br)cc4)ccc3Sc3ccc(N)cc3)ccnc2C1. The van der Waals surface area contributed by atoms with E-state index in [9.17, 15) is 4.79 Å². The van der Waals surface area contributed by atoms with Crippen molar-refractivity contribution in [3.05, 3.63) is 112 Å². The first kappa shape index (κ1) is 26.8. The van der Waals surface area contributed by atoms with Crippen LogP contribution >= 0.6 is 27.7 Å². The Balaban J connectivity index is 1.43. The summed E-state index contributed by atoms with van der Waals surface area (Å²) in [6.45, 7) is 5.55. The Morgan fingerprint density at radius 1 is 1.05 bits per heavy atom. The van der Waals surface area contributed by atoms with Gasteiger partial charge in [-0.3, -0.25) is 9.78 Å². The summed E-state index contributed by atoms with van der Waals surface area (Å²) in [4.78, 5) is 22.1. The zero-order valence-electron chi connectivity index (χ0n) is 21.8. The lowest BCUT2D eigenvalue weighted by molar-refractivity contribution is 0.0951. The Bertz CT molecular complexity index is 1500. The predicted octanol–water partition coefficient (Wildman–Crippen LogP) is 7.45. The van der Waals surface area contributed by atoms with Gasteiger partial charge in [-0.25, -0.2) is 0 Å². The summed E-state index contributed by atoms with van der Waals surface area (Å²) in [5.41, 5.74) is 12.1. The van der Waals surface area contributed by atoms with Crippen LogP contribution in [0.15, 0.2) is 99.5 Å². The molecule has 1 aliphatic rings. The third-order valence-corrected chi connectivity index (χ3v) is 8.10. The molecule has 4 aromatic rings. The molecule has 0 radical (unpaired) electrons. The van der Waals surface area contributed by atoms with Gasteiger partial charge < -0.3 is 21.3 Å². The van der Waals surface area contributed by atoms with Crippen LogP contribution < -0.4 is 16.4 Å². The number of nitrogens with one attached hydrogen (secondary N) is 2. The van der Waals surface area contributed by atoms with Crippen LogP contribution in [0.25, 0.3) is 6.08 Å². The van der Waals surface area contributed by atoms with E-state index in [1.807, 2.05) is 79.0 Å². The van der Waals surface area contributed by atoms with E-state index in [1.165, 1.54) is 0 Å². The van der Waals surface area contributed by atoms with E-state index in [0.29, 0.717) is 18.2 Å². The molecular formula is C31H30BrN5OS. The zero-order chi connectivity index (χ0) is 27.4. The molecule has 0 aliphatic carbocycles. The number of nitrogen functional groups attached to an aromatic ring is 1. The second-order valence-corrected chi connectivity index (χ2v) is 11.6. The fourth-order valence-electron chi connectivity index (χ4n) is 4.24. The molecule has 1 amide bonds. The predicted molar refractivity (Wildman–Crippen MR) is 164 cm³/mol. The van der Waals surface area contributed by atoms with Crippen LogP contribution in [0.2, 0.25) is 0 Å². The van der Waals surface area contributed by atoms with Gasteiger partial charge in [-0.15, -0.1) is 0 Å². The average Bonchev–Trinajstić information content (AvgIpc) is 2.94. The van der Waals surface area contributed by atoms with E-state index >= 15 is 0 Å². The Morgan fingerprint density at radius 2 is 1.82 bits per heavy atom. The quantitative estimate of drug-likeness (QED) is 0.182. The number of nitrogens with zero attached hydrogens (tertiary/aromatic N) is 2. The van der Waals surface area contributed by atoms with Gasteiger partial charge in [0.15, 0.2) is 0 Å². The van der Waals surface area contributed by atoms with E-state index in [4.69, 9.17) is 5.73 Å². The van der Waals surface area contributed by atoms with Gasteiger partial charge in [0.2, 0.25) is 0 Å². The molecule has 6 nitrogen and oxygen atoms in total. The maximum atomic E-state index is 13.1. The number of anilines is 3. The highest BCUT2D eigenvalue weighted by Crippen LogP contribution is 2.37. The van der Waals surface area contributed by atoms with E-state index in [1.54, 1.807) is 11.8 Å². The number of rotatable bonds is 8. The molecule has 3 aromatic carbocycles. The summed E-state index contributed by atoms with van der Waals surface area (Å²) >= 11 is 5.07. The van der Waals surface area contributed by atoms with Crippen molar-refractivity contribution in [3.8, 4) is 0 Å². The highest BCUT2D eigenvalue weighted by atomic mass is 79.9.